The molecule has 0 aliphatic heterocycles. The highest BCUT2D eigenvalue weighted by molar-refractivity contribution is 5.78. The topological polar surface area (TPSA) is 73.9 Å². The quantitative estimate of drug-likeness (QED) is 0.523. The van der Waals surface area contributed by atoms with Crippen LogP contribution in [0.2, 0.25) is 0 Å². The van der Waals surface area contributed by atoms with Gasteiger partial charge in [0, 0.05) is 32.2 Å². The molecular weight excluding hydrogens is 296 g/mol. The van der Waals surface area contributed by atoms with Crippen LogP contribution in [0.1, 0.15) is 27.7 Å². The molecule has 7 heteroatoms. The number of nitrogens with zero attached hydrogens (tertiary/aromatic N) is 2. The first kappa shape index (κ1) is 21.8. The number of hydrogen-bond acceptors (Lipinski definition) is 5. The molecule has 0 aliphatic rings. The third kappa shape index (κ3) is 13.0. The predicted octanol–water partition coefficient (Wildman–Crippen LogP) is -0.0842. The first-order valence-electron chi connectivity index (χ1n) is 8.26. The summed E-state index contributed by atoms with van der Waals surface area (Å²) in [4.78, 5) is 27.3. The van der Waals surface area contributed by atoms with E-state index in [-0.39, 0.29) is 24.5 Å². The zero-order chi connectivity index (χ0) is 17.8. The van der Waals surface area contributed by atoms with Crippen molar-refractivity contribution in [3.63, 3.8) is 0 Å². The van der Waals surface area contributed by atoms with Crippen molar-refractivity contribution in [2.75, 3.05) is 53.4 Å². The molecule has 7 nitrogen and oxygen atoms in total. The summed E-state index contributed by atoms with van der Waals surface area (Å²) in [5, 5.41) is 5.71. The SMILES string of the molecule is CC(C)OCC(=O)NCCN(C)CCNC(=O)CN(C)C(C)C. The zero-order valence-corrected chi connectivity index (χ0v) is 15.5. The molecule has 0 aliphatic carbocycles. The van der Waals surface area contributed by atoms with Crippen LogP contribution >= 0.6 is 0 Å². The number of amides is 2. The van der Waals surface area contributed by atoms with E-state index >= 15 is 0 Å². The van der Waals surface area contributed by atoms with E-state index in [1.807, 2.05) is 32.8 Å². The maximum Gasteiger partial charge on any atom is 0.246 e. The molecule has 0 saturated heterocycles. The van der Waals surface area contributed by atoms with E-state index in [0.29, 0.717) is 25.7 Å². The predicted molar refractivity (Wildman–Crippen MR) is 92.4 cm³/mol. The van der Waals surface area contributed by atoms with E-state index in [0.717, 1.165) is 13.1 Å². The van der Waals surface area contributed by atoms with Gasteiger partial charge in [0.15, 0.2) is 0 Å². The van der Waals surface area contributed by atoms with E-state index in [1.54, 1.807) is 0 Å². The Bertz CT molecular complexity index is 348. The summed E-state index contributed by atoms with van der Waals surface area (Å²) in [6, 6.07) is 0.353. The molecule has 0 bridgehead atoms. The average Bonchev–Trinajstić information content (AvgIpc) is 2.44. The Kier molecular flexibility index (Phi) is 11.6. The molecule has 0 aromatic carbocycles. The number of carbonyl (C=O) groups excluding carboxylic acids is 2. The summed E-state index contributed by atoms with van der Waals surface area (Å²) < 4.78 is 5.22. The van der Waals surface area contributed by atoms with E-state index in [9.17, 15) is 9.59 Å². The fraction of sp³-hybridized carbons (Fsp3) is 0.875. The van der Waals surface area contributed by atoms with Crippen LogP contribution in [0.5, 0.6) is 0 Å². The molecule has 0 radical (unpaired) electrons. The summed E-state index contributed by atoms with van der Waals surface area (Å²) >= 11 is 0. The van der Waals surface area contributed by atoms with Crippen molar-refractivity contribution < 1.29 is 14.3 Å². The average molecular weight is 330 g/mol. The standard InChI is InChI=1S/C16H34N4O3/c1-13(2)20(6)11-15(21)17-7-9-19(5)10-8-18-16(22)12-23-14(3)4/h13-14H,7-12H2,1-6H3,(H,17,21)(H,18,22). The minimum absolute atomic E-state index is 0.0359. The van der Waals surface area contributed by atoms with Crippen LogP contribution in [0.3, 0.4) is 0 Å². The smallest absolute Gasteiger partial charge is 0.246 e. The Morgan fingerprint density at radius 2 is 1.48 bits per heavy atom. The molecule has 0 spiro atoms. The first-order chi connectivity index (χ1) is 10.7. The molecule has 0 saturated carbocycles. The number of ether oxygens (including phenoxy) is 1. The van der Waals surface area contributed by atoms with Crippen molar-refractivity contribution in [1.29, 1.82) is 0 Å². The highest BCUT2D eigenvalue weighted by atomic mass is 16.5. The van der Waals surface area contributed by atoms with E-state index in [1.165, 1.54) is 0 Å². The Balaban J connectivity index is 3.65. The molecule has 0 rings (SSSR count). The van der Waals surface area contributed by atoms with Crippen LogP contribution in [-0.4, -0.2) is 87.2 Å². The van der Waals surface area contributed by atoms with Crippen LogP contribution < -0.4 is 10.6 Å². The zero-order valence-electron chi connectivity index (χ0n) is 15.5. The maximum atomic E-state index is 11.7. The van der Waals surface area contributed by atoms with Crippen molar-refractivity contribution in [1.82, 2.24) is 20.4 Å². The van der Waals surface area contributed by atoms with Gasteiger partial charge in [0.2, 0.25) is 11.8 Å². The summed E-state index contributed by atoms with van der Waals surface area (Å²) in [7, 11) is 3.89. The summed E-state index contributed by atoms with van der Waals surface area (Å²) in [6.07, 6.45) is 0.0572. The van der Waals surface area contributed by atoms with E-state index in [4.69, 9.17) is 4.74 Å². The molecule has 23 heavy (non-hydrogen) atoms. The second-order valence-corrected chi connectivity index (χ2v) is 6.37. The molecule has 0 aromatic heterocycles. The molecular formula is C16H34N4O3. The van der Waals surface area contributed by atoms with Crippen LogP contribution in [0.15, 0.2) is 0 Å². The van der Waals surface area contributed by atoms with Crippen LogP contribution in [0.4, 0.5) is 0 Å². The van der Waals surface area contributed by atoms with Gasteiger partial charge < -0.3 is 20.3 Å². The van der Waals surface area contributed by atoms with Gasteiger partial charge in [0.05, 0.1) is 12.6 Å². The largest absolute Gasteiger partial charge is 0.369 e. The number of rotatable bonds is 12. The lowest BCUT2D eigenvalue weighted by Crippen LogP contribution is -2.42. The normalized spacial score (nSPS) is 11.6. The van der Waals surface area contributed by atoms with Crippen molar-refractivity contribution in [2.45, 2.75) is 39.8 Å². The van der Waals surface area contributed by atoms with Gasteiger partial charge in [-0.1, -0.05) is 0 Å². The van der Waals surface area contributed by atoms with Crippen molar-refractivity contribution in [3.05, 3.63) is 0 Å². The Hall–Kier alpha value is -1.18. The van der Waals surface area contributed by atoms with Gasteiger partial charge in [-0.25, -0.2) is 0 Å². The van der Waals surface area contributed by atoms with E-state index < -0.39 is 0 Å². The number of likely N-dealkylation sites (N-methyl/N-ethyl adjacent to an activating group) is 2. The van der Waals surface area contributed by atoms with Crippen LogP contribution in [0.25, 0.3) is 0 Å². The first-order valence-corrected chi connectivity index (χ1v) is 8.26. The van der Waals surface area contributed by atoms with Crippen LogP contribution in [-0.2, 0) is 14.3 Å². The number of carbonyl (C=O) groups is 2. The molecule has 0 heterocycles. The fourth-order valence-corrected chi connectivity index (χ4v) is 1.64. The number of hydrogen-bond donors (Lipinski definition) is 2. The Morgan fingerprint density at radius 1 is 0.957 bits per heavy atom. The second-order valence-electron chi connectivity index (χ2n) is 6.37. The highest BCUT2D eigenvalue weighted by Gasteiger charge is 2.09. The molecule has 136 valence electrons. The number of nitrogens with one attached hydrogen (secondary N) is 2. The fourth-order valence-electron chi connectivity index (χ4n) is 1.64. The molecule has 0 fully saturated rings. The summed E-state index contributed by atoms with van der Waals surface area (Å²) in [6.45, 7) is 11.1. The highest BCUT2D eigenvalue weighted by Crippen LogP contribution is 1.91. The lowest BCUT2D eigenvalue weighted by Gasteiger charge is -2.21. The van der Waals surface area contributed by atoms with Gasteiger partial charge in [-0.3, -0.25) is 14.5 Å². The summed E-state index contributed by atoms with van der Waals surface area (Å²) in [5.74, 6) is -0.0640. The van der Waals surface area contributed by atoms with Crippen molar-refractivity contribution in [3.8, 4) is 0 Å². The van der Waals surface area contributed by atoms with Crippen molar-refractivity contribution in [2.24, 2.45) is 0 Å². The second kappa shape index (κ2) is 12.3. The van der Waals surface area contributed by atoms with Gasteiger partial charge >= 0.3 is 0 Å². The van der Waals surface area contributed by atoms with Gasteiger partial charge in [-0.15, -0.1) is 0 Å². The molecule has 0 aromatic rings. The Morgan fingerprint density at radius 3 is 1.96 bits per heavy atom. The lowest BCUT2D eigenvalue weighted by atomic mass is 10.3. The minimum Gasteiger partial charge on any atom is -0.369 e. The molecule has 0 unspecified atom stereocenters. The van der Waals surface area contributed by atoms with Gasteiger partial charge in [-0.2, -0.15) is 0 Å². The van der Waals surface area contributed by atoms with Gasteiger partial charge in [-0.05, 0) is 41.8 Å². The minimum atomic E-state index is -0.0999. The monoisotopic (exact) mass is 330 g/mol. The maximum absolute atomic E-state index is 11.7. The Labute approximate surface area is 140 Å². The molecule has 2 amide bonds. The van der Waals surface area contributed by atoms with Gasteiger partial charge in [0.25, 0.3) is 0 Å². The third-order valence-corrected chi connectivity index (χ3v) is 3.45. The molecule has 2 N–H and O–H groups in total. The summed E-state index contributed by atoms with van der Waals surface area (Å²) in [5.41, 5.74) is 0. The lowest BCUT2D eigenvalue weighted by molar-refractivity contribution is -0.127. The van der Waals surface area contributed by atoms with Crippen molar-refractivity contribution >= 4 is 11.8 Å². The third-order valence-electron chi connectivity index (χ3n) is 3.45. The van der Waals surface area contributed by atoms with E-state index in [2.05, 4.69) is 29.4 Å². The van der Waals surface area contributed by atoms with Gasteiger partial charge in [0.1, 0.15) is 6.61 Å². The molecule has 0 atom stereocenters. The van der Waals surface area contributed by atoms with Crippen LogP contribution in [0, 0.1) is 0 Å².